The zero-order chi connectivity index (χ0) is 11.3. The first-order valence-corrected chi connectivity index (χ1v) is 5.59. The molecular formula is C12H21N3. The molecule has 1 aromatic rings. The molecule has 0 saturated heterocycles. The molecule has 2 N–H and O–H groups in total. The largest absolute Gasteiger partial charge is 0.396 e. The normalized spacial score (nSPS) is 10.7. The molecule has 1 rings (SSSR count). The summed E-state index contributed by atoms with van der Waals surface area (Å²) in [5.41, 5.74) is 7.71. The number of nitrogen functional groups attached to an aromatic ring is 1. The maximum absolute atomic E-state index is 5.88. The van der Waals surface area contributed by atoms with Gasteiger partial charge < -0.3 is 10.6 Å². The number of pyridine rings is 1. The zero-order valence-electron chi connectivity index (χ0n) is 9.90. The van der Waals surface area contributed by atoms with E-state index in [1.807, 2.05) is 6.07 Å². The summed E-state index contributed by atoms with van der Waals surface area (Å²) in [6.45, 7) is 5.52. The van der Waals surface area contributed by atoms with Gasteiger partial charge in [0.1, 0.15) is 0 Å². The second-order valence-corrected chi connectivity index (χ2v) is 4.00. The van der Waals surface area contributed by atoms with E-state index in [0.29, 0.717) is 0 Å². The first-order chi connectivity index (χ1) is 7.19. The van der Waals surface area contributed by atoms with E-state index in [4.69, 9.17) is 5.73 Å². The number of aromatic nitrogens is 1. The van der Waals surface area contributed by atoms with Crippen LogP contribution in [0.4, 0.5) is 11.4 Å². The van der Waals surface area contributed by atoms with Crippen LogP contribution in [0.1, 0.15) is 26.7 Å². The Balaban J connectivity index is 2.68. The van der Waals surface area contributed by atoms with Crippen molar-refractivity contribution in [3.63, 3.8) is 0 Å². The fourth-order valence-electron chi connectivity index (χ4n) is 1.78. The molecule has 0 fully saturated rings. The van der Waals surface area contributed by atoms with Crippen LogP contribution in [0.25, 0.3) is 0 Å². The number of nitrogens with zero attached hydrogens (tertiary/aromatic N) is 2. The van der Waals surface area contributed by atoms with Crippen molar-refractivity contribution in [2.24, 2.45) is 5.92 Å². The Bertz CT molecular complexity index is 295. The number of hydrogen-bond acceptors (Lipinski definition) is 3. The quantitative estimate of drug-likeness (QED) is 0.806. The third-order valence-corrected chi connectivity index (χ3v) is 2.93. The van der Waals surface area contributed by atoms with Crippen molar-refractivity contribution >= 4 is 11.4 Å². The molecule has 1 aromatic heterocycles. The van der Waals surface area contributed by atoms with Crippen LogP contribution in [0.5, 0.6) is 0 Å². The van der Waals surface area contributed by atoms with Gasteiger partial charge in [-0.25, -0.2) is 0 Å². The summed E-state index contributed by atoms with van der Waals surface area (Å²) < 4.78 is 0. The lowest BCUT2D eigenvalue weighted by molar-refractivity contribution is 0.494. The van der Waals surface area contributed by atoms with Gasteiger partial charge in [-0.1, -0.05) is 26.7 Å². The van der Waals surface area contributed by atoms with Crippen LogP contribution in [0.2, 0.25) is 0 Å². The van der Waals surface area contributed by atoms with Gasteiger partial charge in [0.25, 0.3) is 0 Å². The van der Waals surface area contributed by atoms with Crippen LogP contribution in [0.3, 0.4) is 0 Å². The average Bonchev–Trinajstić information content (AvgIpc) is 2.26. The van der Waals surface area contributed by atoms with Crippen molar-refractivity contribution in [1.29, 1.82) is 0 Å². The summed E-state index contributed by atoms with van der Waals surface area (Å²) in [7, 11) is 2.09. The second kappa shape index (κ2) is 5.59. The first kappa shape index (κ1) is 11.8. The molecule has 84 valence electrons. The van der Waals surface area contributed by atoms with Gasteiger partial charge in [-0.2, -0.15) is 0 Å². The molecule has 15 heavy (non-hydrogen) atoms. The van der Waals surface area contributed by atoms with Gasteiger partial charge in [0.15, 0.2) is 0 Å². The smallest absolute Gasteiger partial charge is 0.0738 e. The monoisotopic (exact) mass is 207 g/mol. The lowest BCUT2D eigenvalue weighted by Gasteiger charge is -2.25. The summed E-state index contributed by atoms with van der Waals surface area (Å²) in [6.07, 6.45) is 5.92. The van der Waals surface area contributed by atoms with Crippen LogP contribution in [-0.2, 0) is 0 Å². The highest BCUT2D eigenvalue weighted by Gasteiger charge is 2.10. The van der Waals surface area contributed by atoms with Crippen LogP contribution < -0.4 is 10.6 Å². The van der Waals surface area contributed by atoms with E-state index in [2.05, 4.69) is 30.8 Å². The van der Waals surface area contributed by atoms with Gasteiger partial charge in [0.2, 0.25) is 0 Å². The highest BCUT2D eigenvalue weighted by atomic mass is 15.1. The average molecular weight is 207 g/mol. The van der Waals surface area contributed by atoms with Gasteiger partial charge in [0, 0.05) is 19.8 Å². The Morgan fingerprint density at radius 1 is 1.40 bits per heavy atom. The Hall–Kier alpha value is -1.25. The van der Waals surface area contributed by atoms with Gasteiger partial charge in [0.05, 0.1) is 17.6 Å². The lowest BCUT2D eigenvalue weighted by atomic mass is 10.0. The van der Waals surface area contributed by atoms with E-state index in [9.17, 15) is 0 Å². The van der Waals surface area contributed by atoms with Crippen LogP contribution >= 0.6 is 0 Å². The lowest BCUT2D eigenvalue weighted by Crippen LogP contribution is -2.25. The molecule has 0 radical (unpaired) electrons. The third kappa shape index (κ3) is 3.11. The molecule has 0 atom stereocenters. The van der Waals surface area contributed by atoms with Crippen molar-refractivity contribution in [2.45, 2.75) is 26.7 Å². The van der Waals surface area contributed by atoms with E-state index in [-0.39, 0.29) is 0 Å². The predicted octanol–water partition coefficient (Wildman–Crippen LogP) is 2.54. The highest BCUT2D eigenvalue weighted by molar-refractivity contribution is 5.65. The van der Waals surface area contributed by atoms with Gasteiger partial charge in [-0.05, 0) is 12.0 Å². The van der Waals surface area contributed by atoms with Crippen molar-refractivity contribution in [1.82, 2.24) is 4.98 Å². The van der Waals surface area contributed by atoms with Gasteiger partial charge in [-0.3, -0.25) is 4.98 Å². The van der Waals surface area contributed by atoms with E-state index in [0.717, 1.165) is 23.8 Å². The van der Waals surface area contributed by atoms with Gasteiger partial charge >= 0.3 is 0 Å². The molecule has 0 aliphatic carbocycles. The van der Waals surface area contributed by atoms with E-state index < -0.39 is 0 Å². The Labute approximate surface area is 92.3 Å². The van der Waals surface area contributed by atoms with Crippen molar-refractivity contribution in [2.75, 3.05) is 24.2 Å². The fraction of sp³-hybridized carbons (Fsp3) is 0.583. The topological polar surface area (TPSA) is 42.2 Å². The molecule has 0 bridgehead atoms. The third-order valence-electron chi connectivity index (χ3n) is 2.93. The van der Waals surface area contributed by atoms with Crippen molar-refractivity contribution in [3.05, 3.63) is 18.5 Å². The summed E-state index contributed by atoms with van der Waals surface area (Å²) in [4.78, 5) is 6.21. The van der Waals surface area contributed by atoms with E-state index in [1.54, 1.807) is 12.4 Å². The molecular weight excluding hydrogens is 186 g/mol. The number of rotatable bonds is 5. The van der Waals surface area contributed by atoms with Crippen molar-refractivity contribution in [3.8, 4) is 0 Å². The number of nitrogens with two attached hydrogens (primary N) is 1. The van der Waals surface area contributed by atoms with Gasteiger partial charge in [-0.15, -0.1) is 0 Å². The minimum atomic E-state index is 0.738. The zero-order valence-corrected chi connectivity index (χ0v) is 9.90. The van der Waals surface area contributed by atoms with Crippen LogP contribution in [0, 0.1) is 5.92 Å². The summed E-state index contributed by atoms with van der Waals surface area (Å²) in [5.74, 6) is 0.738. The van der Waals surface area contributed by atoms with Crippen molar-refractivity contribution < 1.29 is 0 Å². The van der Waals surface area contributed by atoms with E-state index in [1.165, 1.54) is 12.8 Å². The molecule has 3 heteroatoms. The fourth-order valence-corrected chi connectivity index (χ4v) is 1.78. The van der Waals surface area contributed by atoms with Crippen LogP contribution in [0.15, 0.2) is 18.5 Å². The molecule has 1 heterocycles. The second-order valence-electron chi connectivity index (χ2n) is 4.00. The summed E-state index contributed by atoms with van der Waals surface area (Å²) in [6, 6.07) is 1.97. The molecule has 0 aliphatic heterocycles. The summed E-state index contributed by atoms with van der Waals surface area (Å²) >= 11 is 0. The summed E-state index contributed by atoms with van der Waals surface area (Å²) in [5, 5.41) is 0. The highest BCUT2D eigenvalue weighted by Crippen LogP contribution is 2.22. The standard InChI is InChI=1S/C12H21N3/c1-4-10(5-2)9-15(3)12-6-7-14-8-11(12)13/h6-8,10H,4-5,9,13H2,1-3H3. The minimum absolute atomic E-state index is 0.738. The predicted molar refractivity (Wildman–Crippen MR) is 66.0 cm³/mol. The molecule has 0 amide bonds. The Morgan fingerprint density at radius 2 is 2.07 bits per heavy atom. The number of hydrogen-bond donors (Lipinski definition) is 1. The SMILES string of the molecule is CCC(CC)CN(C)c1ccncc1N. The molecule has 0 unspecified atom stereocenters. The van der Waals surface area contributed by atoms with E-state index >= 15 is 0 Å². The Morgan fingerprint density at radius 3 is 2.60 bits per heavy atom. The molecule has 0 spiro atoms. The van der Waals surface area contributed by atoms with Crippen LogP contribution in [-0.4, -0.2) is 18.6 Å². The molecule has 0 aromatic carbocycles. The molecule has 3 nitrogen and oxygen atoms in total. The maximum atomic E-state index is 5.88. The number of anilines is 2. The molecule has 0 saturated carbocycles. The first-order valence-electron chi connectivity index (χ1n) is 5.59. The molecule has 0 aliphatic rings. The maximum Gasteiger partial charge on any atom is 0.0738 e. The minimum Gasteiger partial charge on any atom is -0.396 e. The Kier molecular flexibility index (Phi) is 4.40.